The maximum atomic E-state index is 13.0. The molecule has 3 rings (SSSR count). The third-order valence-corrected chi connectivity index (χ3v) is 7.21. The van der Waals surface area contributed by atoms with Crippen molar-refractivity contribution in [2.45, 2.75) is 45.1 Å². The van der Waals surface area contributed by atoms with E-state index in [0.717, 1.165) is 34.6 Å². The molecule has 3 aromatic rings. The van der Waals surface area contributed by atoms with Gasteiger partial charge in [-0.25, -0.2) is 8.96 Å². The number of hydrogen-bond donors (Lipinski definition) is 0. The Hall–Kier alpha value is -2.12. The van der Waals surface area contributed by atoms with Crippen molar-refractivity contribution in [2.75, 3.05) is 0 Å². The van der Waals surface area contributed by atoms with Gasteiger partial charge in [-0.15, -0.1) is 11.3 Å². The van der Waals surface area contributed by atoms with Crippen molar-refractivity contribution in [1.29, 1.82) is 0 Å². The Morgan fingerprint density at radius 3 is 2.59 bits per heavy atom. The fourth-order valence-electron chi connectivity index (χ4n) is 2.84. The molecule has 2 heterocycles. The monoisotopic (exact) mass is 404 g/mol. The molecule has 0 aliphatic carbocycles. The van der Waals surface area contributed by atoms with Crippen molar-refractivity contribution in [1.82, 2.24) is 8.96 Å². The third-order valence-electron chi connectivity index (χ3n) is 4.32. The van der Waals surface area contributed by atoms with Gasteiger partial charge in [0, 0.05) is 17.8 Å². The number of benzene rings is 1. The number of aryl methyl sites for hydroxylation is 2. The van der Waals surface area contributed by atoms with Crippen LogP contribution < -0.4 is 4.74 Å². The molecule has 2 aromatic heterocycles. The molecule has 5 nitrogen and oxygen atoms in total. The lowest BCUT2D eigenvalue weighted by molar-refractivity contribution is 0.300. The molecule has 0 atom stereocenters. The fourth-order valence-corrected chi connectivity index (χ4v) is 5.15. The lowest BCUT2D eigenvalue weighted by atomic mass is 10.1. The first-order valence-corrected chi connectivity index (χ1v) is 11.1. The van der Waals surface area contributed by atoms with E-state index in [9.17, 15) is 8.42 Å². The predicted molar refractivity (Wildman–Crippen MR) is 108 cm³/mol. The van der Waals surface area contributed by atoms with E-state index in [1.807, 2.05) is 38.1 Å². The van der Waals surface area contributed by atoms with E-state index in [2.05, 4.69) is 18.8 Å². The summed E-state index contributed by atoms with van der Waals surface area (Å²) in [5.74, 6) is 1.15. The Balaban J connectivity index is 1.93. The quantitative estimate of drug-likeness (QED) is 0.578. The summed E-state index contributed by atoms with van der Waals surface area (Å²) in [6.45, 7) is 8.46. The van der Waals surface area contributed by atoms with Gasteiger partial charge >= 0.3 is 0 Å². The summed E-state index contributed by atoms with van der Waals surface area (Å²) >= 11 is 1.11. The summed E-state index contributed by atoms with van der Waals surface area (Å²) < 4.78 is 33.3. The van der Waals surface area contributed by atoms with Gasteiger partial charge in [-0.2, -0.15) is 8.42 Å². The summed E-state index contributed by atoms with van der Waals surface area (Å²) in [5.41, 5.74) is 3.90. The predicted octanol–water partition coefficient (Wildman–Crippen LogP) is 4.58. The van der Waals surface area contributed by atoms with Crippen molar-refractivity contribution >= 4 is 21.4 Å². The highest BCUT2D eigenvalue weighted by atomic mass is 32.2. The SMILES string of the molecule is Cc1ccc(OCc2cc(CC(C)C)cn2S(=O)(=O)c2nccs2)cc1C. The first-order chi connectivity index (χ1) is 12.8. The van der Waals surface area contributed by atoms with Crippen LogP contribution in [0.1, 0.15) is 36.2 Å². The van der Waals surface area contributed by atoms with E-state index in [0.29, 0.717) is 11.6 Å². The highest BCUT2D eigenvalue weighted by molar-refractivity contribution is 7.91. The number of ether oxygens (including phenoxy) is 1. The topological polar surface area (TPSA) is 61.2 Å². The van der Waals surface area contributed by atoms with E-state index < -0.39 is 10.0 Å². The third kappa shape index (κ3) is 4.42. The summed E-state index contributed by atoms with van der Waals surface area (Å²) in [5, 5.41) is 1.66. The molecule has 0 bridgehead atoms. The molecule has 144 valence electrons. The van der Waals surface area contributed by atoms with Gasteiger partial charge in [-0.1, -0.05) is 19.9 Å². The van der Waals surface area contributed by atoms with Crippen LogP contribution in [0, 0.1) is 19.8 Å². The summed E-state index contributed by atoms with van der Waals surface area (Å²) in [4.78, 5) is 3.98. The molecular weight excluding hydrogens is 380 g/mol. The van der Waals surface area contributed by atoms with Crippen LogP contribution in [-0.2, 0) is 23.1 Å². The zero-order chi connectivity index (χ0) is 19.6. The van der Waals surface area contributed by atoms with E-state index in [4.69, 9.17) is 4.74 Å². The smallest absolute Gasteiger partial charge is 0.295 e. The molecule has 0 fully saturated rings. The first kappa shape index (κ1) is 19.6. The zero-order valence-corrected chi connectivity index (χ0v) is 17.6. The van der Waals surface area contributed by atoms with Crippen LogP contribution in [0.25, 0.3) is 0 Å². The standard InChI is InChI=1S/C20H24N2O3S2/c1-14(2)9-17-11-18(13-25-19-6-5-15(3)16(4)10-19)22(12-17)27(23,24)20-21-7-8-26-20/h5-8,10-12,14H,9,13H2,1-4H3. The minimum absolute atomic E-state index is 0.0848. The largest absolute Gasteiger partial charge is 0.487 e. The molecule has 27 heavy (non-hydrogen) atoms. The summed E-state index contributed by atoms with van der Waals surface area (Å²) in [7, 11) is -3.72. The molecule has 0 saturated heterocycles. The van der Waals surface area contributed by atoms with Crippen LogP contribution in [0.2, 0.25) is 0 Å². The van der Waals surface area contributed by atoms with Crippen molar-refractivity contribution in [3.63, 3.8) is 0 Å². The van der Waals surface area contributed by atoms with Crippen molar-refractivity contribution in [3.05, 3.63) is 64.4 Å². The molecule has 7 heteroatoms. The van der Waals surface area contributed by atoms with Gasteiger partial charge in [0.25, 0.3) is 10.0 Å². The lowest BCUT2D eigenvalue weighted by Crippen LogP contribution is -2.16. The minimum atomic E-state index is -3.72. The Bertz CT molecular complexity index is 1020. The molecule has 0 spiro atoms. The summed E-state index contributed by atoms with van der Waals surface area (Å²) in [6.07, 6.45) is 3.99. The number of nitrogens with zero attached hydrogens (tertiary/aromatic N) is 2. The Labute approximate surface area is 164 Å². The maximum absolute atomic E-state index is 13.0. The van der Waals surface area contributed by atoms with Gasteiger partial charge in [-0.05, 0) is 61.1 Å². The average Bonchev–Trinajstić information content (AvgIpc) is 3.26. The lowest BCUT2D eigenvalue weighted by Gasteiger charge is -2.11. The second kappa shape index (κ2) is 7.86. The Kier molecular flexibility index (Phi) is 5.72. The van der Waals surface area contributed by atoms with E-state index in [-0.39, 0.29) is 10.9 Å². The van der Waals surface area contributed by atoms with Crippen LogP contribution in [0.5, 0.6) is 5.75 Å². The van der Waals surface area contributed by atoms with E-state index >= 15 is 0 Å². The minimum Gasteiger partial charge on any atom is -0.487 e. The maximum Gasteiger partial charge on any atom is 0.295 e. The normalized spacial score (nSPS) is 11.9. The summed E-state index contributed by atoms with van der Waals surface area (Å²) in [6, 6.07) is 7.78. The van der Waals surface area contributed by atoms with Crippen LogP contribution in [-0.4, -0.2) is 17.4 Å². The van der Waals surface area contributed by atoms with Gasteiger partial charge in [0.15, 0.2) is 0 Å². The van der Waals surface area contributed by atoms with Gasteiger partial charge in [0.1, 0.15) is 12.4 Å². The number of thiazole rings is 1. The van der Waals surface area contributed by atoms with E-state index in [1.54, 1.807) is 11.6 Å². The molecular formula is C20H24N2O3S2. The second-order valence-electron chi connectivity index (χ2n) is 7.07. The first-order valence-electron chi connectivity index (χ1n) is 8.82. The highest BCUT2D eigenvalue weighted by Crippen LogP contribution is 2.24. The second-order valence-corrected chi connectivity index (χ2v) is 9.95. The number of hydrogen-bond acceptors (Lipinski definition) is 5. The highest BCUT2D eigenvalue weighted by Gasteiger charge is 2.24. The van der Waals surface area contributed by atoms with Crippen molar-refractivity contribution in [3.8, 4) is 5.75 Å². The molecule has 1 aromatic carbocycles. The van der Waals surface area contributed by atoms with Crippen molar-refractivity contribution < 1.29 is 13.2 Å². The van der Waals surface area contributed by atoms with E-state index in [1.165, 1.54) is 15.7 Å². The van der Waals surface area contributed by atoms with Crippen molar-refractivity contribution in [2.24, 2.45) is 5.92 Å². The number of rotatable bonds is 7. The molecule has 0 amide bonds. The van der Waals surface area contributed by atoms with Gasteiger partial charge in [0.05, 0.1) is 5.69 Å². The number of aromatic nitrogens is 2. The Morgan fingerprint density at radius 2 is 1.96 bits per heavy atom. The van der Waals surface area contributed by atoms with Gasteiger partial charge in [-0.3, -0.25) is 0 Å². The van der Waals surface area contributed by atoms with Gasteiger partial charge < -0.3 is 4.74 Å². The zero-order valence-electron chi connectivity index (χ0n) is 16.0. The molecule has 0 aliphatic rings. The average molecular weight is 405 g/mol. The van der Waals surface area contributed by atoms with Gasteiger partial charge in [0.2, 0.25) is 4.34 Å². The fraction of sp³-hybridized carbons (Fsp3) is 0.350. The van der Waals surface area contributed by atoms with Crippen LogP contribution in [0.3, 0.4) is 0 Å². The molecule has 0 unspecified atom stereocenters. The van der Waals surface area contributed by atoms with Crippen LogP contribution >= 0.6 is 11.3 Å². The molecule has 0 N–H and O–H groups in total. The molecule has 0 saturated carbocycles. The Morgan fingerprint density at radius 1 is 1.19 bits per heavy atom. The van der Waals surface area contributed by atoms with Crippen LogP contribution in [0.15, 0.2) is 46.4 Å². The van der Waals surface area contributed by atoms with Crippen LogP contribution in [0.4, 0.5) is 0 Å². The molecule has 0 radical (unpaired) electrons. The molecule has 0 aliphatic heterocycles.